The molecule has 0 bridgehead atoms. The van der Waals surface area contributed by atoms with Crippen molar-refractivity contribution in [3.8, 4) is 5.75 Å². The Hall–Kier alpha value is -2.90. The van der Waals surface area contributed by atoms with Gasteiger partial charge in [0.2, 0.25) is 0 Å². The number of methoxy groups -OCH3 is 1. The summed E-state index contributed by atoms with van der Waals surface area (Å²) in [6.45, 7) is 2.75. The largest absolute Gasteiger partial charge is 0.497 e. The van der Waals surface area contributed by atoms with Crippen LogP contribution in [0.4, 0.5) is 5.69 Å². The minimum Gasteiger partial charge on any atom is -0.497 e. The first-order valence-electron chi connectivity index (χ1n) is 8.44. The van der Waals surface area contributed by atoms with Crippen molar-refractivity contribution in [2.24, 2.45) is 0 Å². The van der Waals surface area contributed by atoms with Crippen LogP contribution in [0.15, 0.2) is 53.9 Å². The first-order chi connectivity index (χ1) is 13.2. The highest BCUT2D eigenvalue weighted by molar-refractivity contribution is 7.09. The molecule has 0 saturated carbocycles. The molecule has 27 heavy (non-hydrogen) atoms. The van der Waals surface area contributed by atoms with Gasteiger partial charge in [-0.3, -0.25) is 9.63 Å². The van der Waals surface area contributed by atoms with E-state index < -0.39 is 0 Å². The van der Waals surface area contributed by atoms with E-state index in [0.29, 0.717) is 12.1 Å². The molecule has 1 aromatic heterocycles. The number of aromatic nitrogens is 1. The number of rotatable bonds is 8. The molecule has 7 heteroatoms. The molecule has 0 saturated heterocycles. The minimum atomic E-state index is -0.306. The molecule has 0 aliphatic heterocycles. The lowest BCUT2D eigenvalue weighted by Crippen LogP contribution is -2.24. The SMILES string of the molecule is COc1ccc(CNc2ccccc2C(=O)NOCc2csc(C)n2)cc1. The van der Waals surface area contributed by atoms with Crippen LogP contribution in [0.25, 0.3) is 0 Å². The zero-order valence-electron chi connectivity index (χ0n) is 15.2. The molecule has 1 heterocycles. The van der Waals surface area contributed by atoms with Crippen LogP contribution >= 0.6 is 11.3 Å². The van der Waals surface area contributed by atoms with Gasteiger partial charge in [-0.2, -0.15) is 0 Å². The van der Waals surface area contributed by atoms with E-state index in [1.165, 1.54) is 0 Å². The molecule has 1 amide bonds. The number of hydroxylamine groups is 1. The fourth-order valence-electron chi connectivity index (χ4n) is 2.48. The van der Waals surface area contributed by atoms with Crippen LogP contribution < -0.4 is 15.5 Å². The molecule has 0 atom stereocenters. The summed E-state index contributed by atoms with van der Waals surface area (Å²) >= 11 is 1.55. The quantitative estimate of drug-likeness (QED) is 0.577. The Kier molecular flexibility index (Phi) is 6.40. The number of amides is 1. The van der Waals surface area contributed by atoms with E-state index in [1.807, 2.05) is 54.8 Å². The maximum Gasteiger partial charge on any atom is 0.276 e. The minimum absolute atomic E-state index is 0.234. The number of thiazole rings is 1. The van der Waals surface area contributed by atoms with Crippen molar-refractivity contribution in [2.45, 2.75) is 20.1 Å². The molecular formula is C20H21N3O3S. The van der Waals surface area contributed by atoms with Gasteiger partial charge in [0.05, 0.1) is 23.4 Å². The van der Waals surface area contributed by atoms with E-state index in [1.54, 1.807) is 24.5 Å². The summed E-state index contributed by atoms with van der Waals surface area (Å²) in [5.41, 5.74) is 5.61. The van der Waals surface area contributed by atoms with Gasteiger partial charge in [-0.25, -0.2) is 10.5 Å². The molecule has 3 aromatic rings. The van der Waals surface area contributed by atoms with Crippen LogP contribution in [0.5, 0.6) is 5.75 Å². The Balaban J connectivity index is 1.57. The Morgan fingerprint density at radius 3 is 2.63 bits per heavy atom. The van der Waals surface area contributed by atoms with Gasteiger partial charge < -0.3 is 10.1 Å². The van der Waals surface area contributed by atoms with Crippen LogP contribution in [0.1, 0.15) is 26.6 Å². The second-order valence-corrected chi connectivity index (χ2v) is 6.89. The molecule has 3 rings (SSSR count). The molecule has 2 aromatic carbocycles. The number of anilines is 1. The fraction of sp³-hybridized carbons (Fsp3) is 0.200. The number of carbonyl (C=O) groups is 1. The lowest BCUT2D eigenvalue weighted by Gasteiger charge is -2.12. The predicted octanol–water partition coefficient (Wildman–Crippen LogP) is 3.93. The lowest BCUT2D eigenvalue weighted by molar-refractivity contribution is 0.0224. The zero-order chi connectivity index (χ0) is 19.1. The van der Waals surface area contributed by atoms with E-state index in [2.05, 4.69) is 15.8 Å². The highest BCUT2D eigenvalue weighted by Crippen LogP contribution is 2.18. The highest BCUT2D eigenvalue weighted by Gasteiger charge is 2.11. The average Bonchev–Trinajstić information content (AvgIpc) is 3.12. The molecule has 0 fully saturated rings. The van der Waals surface area contributed by atoms with Gasteiger partial charge in [-0.15, -0.1) is 11.3 Å². The van der Waals surface area contributed by atoms with Gasteiger partial charge in [0.1, 0.15) is 12.4 Å². The van der Waals surface area contributed by atoms with Crippen LogP contribution in [-0.4, -0.2) is 18.0 Å². The number of hydrogen-bond acceptors (Lipinski definition) is 6. The summed E-state index contributed by atoms with van der Waals surface area (Å²) in [4.78, 5) is 22.0. The molecule has 0 spiro atoms. The van der Waals surface area contributed by atoms with Crippen LogP contribution in [-0.2, 0) is 18.0 Å². The monoisotopic (exact) mass is 383 g/mol. The maximum absolute atomic E-state index is 12.4. The van der Waals surface area contributed by atoms with Crippen molar-refractivity contribution < 1.29 is 14.4 Å². The molecule has 0 aliphatic carbocycles. The maximum atomic E-state index is 12.4. The van der Waals surface area contributed by atoms with Gasteiger partial charge in [0.15, 0.2) is 0 Å². The normalized spacial score (nSPS) is 10.4. The number of ether oxygens (including phenoxy) is 1. The third kappa shape index (κ3) is 5.29. The van der Waals surface area contributed by atoms with Gasteiger partial charge in [-0.1, -0.05) is 24.3 Å². The summed E-state index contributed by atoms with van der Waals surface area (Å²) in [7, 11) is 1.64. The van der Waals surface area contributed by atoms with Gasteiger partial charge in [0, 0.05) is 17.6 Å². The summed E-state index contributed by atoms with van der Waals surface area (Å²) in [5, 5.41) is 6.17. The smallest absolute Gasteiger partial charge is 0.276 e. The van der Waals surface area contributed by atoms with E-state index in [-0.39, 0.29) is 12.5 Å². The second-order valence-electron chi connectivity index (χ2n) is 5.82. The molecule has 0 radical (unpaired) electrons. The summed E-state index contributed by atoms with van der Waals surface area (Å²) in [5.74, 6) is 0.505. The number of hydrogen-bond donors (Lipinski definition) is 2. The predicted molar refractivity (Wildman–Crippen MR) is 106 cm³/mol. The summed E-state index contributed by atoms with van der Waals surface area (Å²) < 4.78 is 5.16. The van der Waals surface area contributed by atoms with Crippen molar-refractivity contribution in [1.82, 2.24) is 10.5 Å². The number of carbonyl (C=O) groups excluding carboxylic acids is 1. The third-order valence-electron chi connectivity index (χ3n) is 3.87. The van der Waals surface area contributed by atoms with Crippen molar-refractivity contribution in [1.29, 1.82) is 0 Å². The van der Waals surface area contributed by atoms with E-state index in [0.717, 1.165) is 27.7 Å². The first kappa shape index (κ1) is 18.9. The summed E-state index contributed by atoms with van der Waals surface area (Å²) in [6, 6.07) is 15.1. The number of nitrogens with one attached hydrogen (secondary N) is 2. The molecule has 0 unspecified atom stereocenters. The number of nitrogens with zero attached hydrogens (tertiary/aromatic N) is 1. The first-order valence-corrected chi connectivity index (χ1v) is 9.32. The van der Waals surface area contributed by atoms with Crippen LogP contribution in [0.2, 0.25) is 0 Å². The molecular weight excluding hydrogens is 362 g/mol. The van der Waals surface area contributed by atoms with Gasteiger partial charge in [0.25, 0.3) is 5.91 Å². The van der Waals surface area contributed by atoms with Crippen molar-refractivity contribution >= 4 is 22.9 Å². The fourth-order valence-corrected chi connectivity index (χ4v) is 3.08. The van der Waals surface area contributed by atoms with E-state index >= 15 is 0 Å². The number of aryl methyl sites for hydroxylation is 1. The third-order valence-corrected chi connectivity index (χ3v) is 4.69. The van der Waals surface area contributed by atoms with Crippen molar-refractivity contribution in [3.05, 3.63) is 75.7 Å². The summed E-state index contributed by atoms with van der Waals surface area (Å²) in [6.07, 6.45) is 0. The van der Waals surface area contributed by atoms with E-state index in [9.17, 15) is 4.79 Å². The van der Waals surface area contributed by atoms with Crippen LogP contribution in [0.3, 0.4) is 0 Å². The Bertz CT molecular complexity index is 893. The number of para-hydroxylation sites is 1. The highest BCUT2D eigenvalue weighted by atomic mass is 32.1. The van der Waals surface area contributed by atoms with E-state index in [4.69, 9.17) is 9.57 Å². The lowest BCUT2D eigenvalue weighted by atomic mass is 10.1. The molecule has 2 N–H and O–H groups in total. The molecule has 6 nitrogen and oxygen atoms in total. The van der Waals surface area contributed by atoms with Crippen LogP contribution in [0, 0.1) is 6.92 Å². The van der Waals surface area contributed by atoms with Gasteiger partial charge in [-0.05, 0) is 36.8 Å². The molecule has 0 aliphatic rings. The topological polar surface area (TPSA) is 72.5 Å². The number of benzene rings is 2. The van der Waals surface area contributed by atoms with Gasteiger partial charge >= 0.3 is 0 Å². The second kappa shape index (κ2) is 9.16. The Morgan fingerprint density at radius 2 is 1.93 bits per heavy atom. The molecule has 140 valence electrons. The Morgan fingerprint density at radius 1 is 1.15 bits per heavy atom. The zero-order valence-corrected chi connectivity index (χ0v) is 16.0. The standard InChI is InChI=1S/C20H21N3O3S/c1-14-22-16(13-27-14)12-26-23-20(24)18-5-3-4-6-19(18)21-11-15-7-9-17(25-2)10-8-15/h3-10,13,21H,11-12H2,1-2H3,(H,23,24). The van der Waals surface area contributed by atoms with Crippen molar-refractivity contribution in [2.75, 3.05) is 12.4 Å². The van der Waals surface area contributed by atoms with Crippen molar-refractivity contribution in [3.63, 3.8) is 0 Å². The average molecular weight is 383 g/mol. The Labute approximate surface area is 162 Å².